The minimum absolute atomic E-state index is 0.138. The number of aryl methyl sites for hydroxylation is 1. The number of anilines is 1. The molecule has 118 valence electrons. The minimum atomic E-state index is -0.179. The fourth-order valence-corrected chi connectivity index (χ4v) is 3.87. The van der Waals surface area contributed by atoms with Crippen LogP contribution in [0.5, 0.6) is 0 Å². The predicted octanol–water partition coefficient (Wildman–Crippen LogP) is 2.60. The first kappa shape index (κ1) is 16.2. The molecule has 21 heavy (non-hydrogen) atoms. The summed E-state index contributed by atoms with van der Waals surface area (Å²) in [5.41, 5.74) is 0.927. The van der Waals surface area contributed by atoms with Gasteiger partial charge < -0.3 is 14.4 Å². The molecule has 0 N–H and O–H groups in total. The highest BCUT2D eigenvalue weighted by Gasteiger charge is 2.34. The molecule has 1 aromatic rings. The van der Waals surface area contributed by atoms with E-state index in [0.717, 1.165) is 30.2 Å². The lowest BCUT2D eigenvalue weighted by atomic mass is 10.1. The molecule has 0 aliphatic heterocycles. The highest BCUT2D eigenvalue weighted by atomic mass is 32.1. The molecule has 0 fully saturated rings. The molecule has 0 bridgehead atoms. The van der Waals surface area contributed by atoms with Crippen molar-refractivity contribution in [1.29, 1.82) is 0 Å². The van der Waals surface area contributed by atoms with Crippen LogP contribution in [0.4, 0.5) is 5.13 Å². The Bertz CT molecular complexity index is 487. The highest BCUT2D eigenvalue weighted by Crippen LogP contribution is 2.40. The lowest BCUT2D eigenvalue weighted by molar-refractivity contribution is -0.145. The van der Waals surface area contributed by atoms with Gasteiger partial charge >= 0.3 is 5.97 Å². The molecule has 0 radical (unpaired) electrons. The van der Waals surface area contributed by atoms with Gasteiger partial charge in [0.15, 0.2) is 5.13 Å². The molecule has 6 heteroatoms. The van der Waals surface area contributed by atoms with E-state index in [0.29, 0.717) is 19.3 Å². The third kappa shape index (κ3) is 3.55. The van der Waals surface area contributed by atoms with Crippen molar-refractivity contribution >= 4 is 22.4 Å². The highest BCUT2D eigenvalue weighted by molar-refractivity contribution is 7.15. The number of esters is 1. The number of nitrogens with zero attached hydrogens (tertiary/aromatic N) is 2. The normalized spacial score (nSPS) is 17.1. The number of methoxy groups -OCH3 is 1. The Balaban J connectivity index is 2.17. The Kier molecular flexibility index (Phi) is 5.58. The van der Waals surface area contributed by atoms with Gasteiger partial charge in [0.1, 0.15) is 5.92 Å². The number of hydrogen-bond acceptors (Lipinski definition) is 6. The van der Waals surface area contributed by atoms with Gasteiger partial charge in [0.05, 0.1) is 18.9 Å². The lowest BCUT2D eigenvalue weighted by Gasteiger charge is -2.25. The smallest absolute Gasteiger partial charge is 0.315 e. The van der Waals surface area contributed by atoms with Gasteiger partial charge in [-0.2, -0.15) is 0 Å². The van der Waals surface area contributed by atoms with Crippen molar-refractivity contribution in [3.8, 4) is 0 Å². The van der Waals surface area contributed by atoms with Crippen LogP contribution in [0.25, 0.3) is 0 Å². The molecular weight excluding hydrogens is 288 g/mol. The van der Waals surface area contributed by atoms with Crippen LogP contribution in [0, 0.1) is 0 Å². The molecule has 0 saturated heterocycles. The molecule has 1 heterocycles. The molecular formula is C15H24N2O3S. The summed E-state index contributed by atoms with van der Waals surface area (Å²) in [6.45, 7) is 8.03. The van der Waals surface area contributed by atoms with Crippen molar-refractivity contribution in [2.75, 3.05) is 31.8 Å². The SMILES string of the molecule is CCOC(=O)C1CCc2sc(N(CCOC)C(C)C)nc21. The van der Waals surface area contributed by atoms with E-state index in [4.69, 9.17) is 14.5 Å². The number of carbonyl (C=O) groups excluding carboxylic acids is 1. The summed E-state index contributed by atoms with van der Waals surface area (Å²) in [4.78, 5) is 20.2. The summed E-state index contributed by atoms with van der Waals surface area (Å²) in [5, 5.41) is 0.987. The summed E-state index contributed by atoms with van der Waals surface area (Å²) in [6, 6.07) is 0.354. The van der Waals surface area contributed by atoms with Gasteiger partial charge in [-0.25, -0.2) is 4.98 Å². The minimum Gasteiger partial charge on any atom is -0.465 e. The Morgan fingerprint density at radius 3 is 2.90 bits per heavy atom. The Morgan fingerprint density at radius 1 is 1.52 bits per heavy atom. The van der Waals surface area contributed by atoms with Crippen LogP contribution in [-0.4, -0.2) is 43.9 Å². The van der Waals surface area contributed by atoms with E-state index < -0.39 is 0 Å². The predicted molar refractivity (Wildman–Crippen MR) is 84.2 cm³/mol. The zero-order valence-corrected chi connectivity index (χ0v) is 14.0. The fourth-order valence-electron chi connectivity index (χ4n) is 2.57. The average molecular weight is 312 g/mol. The Morgan fingerprint density at radius 2 is 2.29 bits per heavy atom. The third-order valence-corrected chi connectivity index (χ3v) is 4.85. The van der Waals surface area contributed by atoms with E-state index in [9.17, 15) is 4.79 Å². The summed E-state index contributed by atoms with van der Waals surface area (Å²) in [6.07, 6.45) is 1.75. The molecule has 5 nitrogen and oxygen atoms in total. The maximum absolute atomic E-state index is 12.0. The number of aromatic nitrogens is 1. The van der Waals surface area contributed by atoms with Gasteiger partial charge in [-0.3, -0.25) is 4.79 Å². The Hall–Kier alpha value is -1.14. The van der Waals surface area contributed by atoms with Gasteiger partial charge in [0.2, 0.25) is 0 Å². The number of thiazole rings is 1. The van der Waals surface area contributed by atoms with Crippen molar-refractivity contribution < 1.29 is 14.3 Å². The van der Waals surface area contributed by atoms with E-state index in [1.165, 1.54) is 4.88 Å². The maximum Gasteiger partial charge on any atom is 0.315 e. The van der Waals surface area contributed by atoms with Crippen LogP contribution in [0.15, 0.2) is 0 Å². The van der Waals surface area contributed by atoms with Gasteiger partial charge in [-0.1, -0.05) is 0 Å². The summed E-state index contributed by atoms with van der Waals surface area (Å²) in [5.74, 6) is -0.317. The largest absolute Gasteiger partial charge is 0.465 e. The second-order valence-electron chi connectivity index (χ2n) is 5.43. The molecule has 0 aromatic carbocycles. The zero-order valence-electron chi connectivity index (χ0n) is 13.2. The van der Waals surface area contributed by atoms with Crippen LogP contribution in [-0.2, 0) is 20.7 Å². The van der Waals surface area contributed by atoms with E-state index in [2.05, 4.69) is 18.7 Å². The van der Waals surface area contributed by atoms with Gasteiger partial charge in [0, 0.05) is 24.6 Å². The van der Waals surface area contributed by atoms with Crippen molar-refractivity contribution in [3.63, 3.8) is 0 Å². The van der Waals surface area contributed by atoms with E-state index >= 15 is 0 Å². The molecule has 1 aliphatic rings. The van der Waals surface area contributed by atoms with Crippen molar-refractivity contribution in [2.45, 2.75) is 45.6 Å². The second-order valence-corrected chi connectivity index (χ2v) is 6.49. The third-order valence-electron chi connectivity index (χ3n) is 3.68. The molecule has 1 atom stereocenters. The van der Waals surface area contributed by atoms with E-state index in [-0.39, 0.29) is 11.9 Å². The zero-order chi connectivity index (χ0) is 15.4. The molecule has 2 rings (SSSR count). The van der Waals surface area contributed by atoms with Crippen molar-refractivity contribution in [1.82, 2.24) is 4.98 Å². The van der Waals surface area contributed by atoms with Crippen LogP contribution < -0.4 is 4.90 Å². The molecule has 0 saturated carbocycles. The fraction of sp³-hybridized carbons (Fsp3) is 0.733. The summed E-state index contributed by atoms with van der Waals surface area (Å²) < 4.78 is 10.3. The Labute approximate surface area is 130 Å². The average Bonchev–Trinajstić information content (AvgIpc) is 2.98. The van der Waals surface area contributed by atoms with Crippen molar-refractivity contribution in [2.24, 2.45) is 0 Å². The van der Waals surface area contributed by atoms with Gasteiger partial charge in [-0.05, 0) is 33.6 Å². The number of rotatable bonds is 7. The first-order valence-electron chi connectivity index (χ1n) is 7.50. The number of hydrogen-bond donors (Lipinski definition) is 0. The summed E-state index contributed by atoms with van der Waals surface area (Å²) >= 11 is 1.70. The van der Waals surface area contributed by atoms with E-state index in [1.54, 1.807) is 18.4 Å². The standard InChI is InChI=1S/C15H24N2O3S/c1-5-20-14(18)11-6-7-12-13(11)16-15(21-12)17(10(2)3)8-9-19-4/h10-11H,5-9H2,1-4H3. The van der Waals surface area contributed by atoms with Crippen LogP contribution in [0.2, 0.25) is 0 Å². The van der Waals surface area contributed by atoms with Crippen LogP contribution >= 0.6 is 11.3 Å². The summed E-state index contributed by atoms with van der Waals surface area (Å²) in [7, 11) is 1.71. The molecule has 1 aromatic heterocycles. The molecule has 0 amide bonds. The first-order chi connectivity index (χ1) is 10.1. The van der Waals surface area contributed by atoms with Gasteiger partial charge in [-0.15, -0.1) is 11.3 Å². The lowest BCUT2D eigenvalue weighted by Crippen LogP contribution is -2.33. The maximum atomic E-state index is 12.0. The topological polar surface area (TPSA) is 51.7 Å². The molecule has 0 spiro atoms. The number of fused-ring (bicyclic) bond motifs is 1. The molecule has 1 aliphatic carbocycles. The quantitative estimate of drug-likeness (QED) is 0.724. The second kappa shape index (κ2) is 7.22. The van der Waals surface area contributed by atoms with E-state index in [1.807, 2.05) is 6.92 Å². The van der Waals surface area contributed by atoms with Gasteiger partial charge in [0.25, 0.3) is 0 Å². The monoisotopic (exact) mass is 312 g/mol. The molecule has 1 unspecified atom stereocenters. The van der Waals surface area contributed by atoms with Crippen molar-refractivity contribution in [3.05, 3.63) is 10.6 Å². The first-order valence-corrected chi connectivity index (χ1v) is 8.31. The van der Waals surface area contributed by atoms with Crippen LogP contribution in [0.3, 0.4) is 0 Å². The van der Waals surface area contributed by atoms with Crippen LogP contribution in [0.1, 0.15) is 43.7 Å². The number of carbonyl (C=O) groups is 1. The number of ether oxygens (including phenoxy) is 2.